The molecular weight excluding hydrogens is 345 g/mol. The molecule has 1 aliphatic rings. The number of imidazole rings is 1. The molecule has 0 aliphatic heterocycles. The van der Waals surface area contributed by atoms with Gasteiger partial charge in [0.15, 0.2) is 0 Å². The Morgan fingerprint density at radius 2 is 1.85 bits per heavy atom. The summed E-state index contributed by atoms with van der Waals surface area (Å²) in [5.41, 5.74) is 1.94. The highest BCUT2D eigenvalue weighted by Crippen LogP contribution is 2.27. The Hall–Kier alpha value is -2.73. The number of carbonyl (C=O) groups is 1. The predicted molar refractivity (Wildman–Crippen MR) is 101 cm³/mol. The van der Waals surface area contributed by atoms with E-state index in [9.17, 15) is 14.3 Å². The molecule has 1 aliphatic carbocycles. The maximum absolute atomic E-state index is 13.1. The lowest BCUT2D eigenvalue weighted by molar-refractivity contribution is 0.00525. The Bertz CT molecular complexity index is 959. The first-order valence-electron chi connectivity index (χ1n) is 9.28. The molecule has 0 bridgehead atoms. The number of aromatic nitrogens is 2. The summed E-state index contributed by atoms with van der Waals surface area (Å²) in [5.74, 6) is -0.506. The largest absolute Gasteiger partial charge is 0.388 e. The minimum Gasteiger partial charge on any atom is -0.388 e. The van der Waals surface area contributed by atoms with Gasteiger partial charge in [-0.15, -0.1) is 0 Å². The third-order valence-corrected chi connectivity index (χ3v) is 5.22. The molecule has 4 rings (SSSR count). The smallest absolute Gasteiger partial charge is 0.252 e. The van der Waals surface area contributed by atoms with Crippen LogP contribution < -0.4 is 5.32 Å². The summed E-state index contributed by atoms with van der Waals surface area (Å²) in [5, 5.41) is 13.4. The molecule has 1 aromatic carbocycles. The normalized spacial score (nSPS) is 16.4. The van der Waals surface area contributed by atoms with Gasteiger partial charge in [-0.05, 0) is 49.2 Å². The fourth-order valence-corrected chi connectivity index (χ4v) is 3.62. The van der Waals surface area contributed by atoms with Crippen molar-refractivity contribution in [1.82, 2.24) is 14.7 Å². The van der Waals surface area contributed by atoms with Crippen molar-refractivity contribution in [3.05, 3.63) is 60.2 Å². The van der Waals surface area contributed by atoms with Crippen LogP contribution in [0.5, 0.6) is 0 Å². The Labute approximate surface area is 156 Å². The average Bonchev–Trinajstić information content (AvgIpc) is 3.10. The van der Waals surface area contributed by atoms with Crippen LogP contribution in [0.25, 0.3) is 16.9 Å². The summed E-state index contributed by atoms with van der Waals surface area (Å²) < 4.78 is 14.9. The SMILES string of the molecule is O=C(NCC1(O)CCCCC1)c1ccc2nc(-c3ccc(F)cc3)cn2c1. The van der Waals surface area contributed by atoms with Crippen LogP contribution in [-0.4, -0.2) is 32.5 Å². The number of pyridine rings is 1. The average molecular weight is 367 g/mol. The van der Waals surface area contributed by atoms with E-state index in [0.29, 0.717) is 16.9 Å². The van der Waals surface area contributed by atoms with E-state index in [2.05, 4.69) is 10.3 Å². The molecule has 0 spiro atoms. The molecule has 0 atom stereocenters. The van der Waals surface area contributed by atoms with E-state index in [1.807, 2.05) is 6.20 Å². The van der Waals surface area contributed by atoms with E-state index >= 15 is 0 Å². The van der Waals surface area contributed by atoms with Gasteiger partial charge in [0, 0.05) is 24.5 Å². The molecule has 27 heavy (non-hydrogen) atoms. The van der Waals surface area contributed by atoms with Crippen molar-refractivity contribution in [2.45, 2.75) is 37.7 Å². The van der Waals surface area contributed by atoms with Crippen LogP contribution in [0.3, 0.4) is 0 Å². The zero-order valence-electron chi connectivity index (χ0n) is 15.0. The van der Waals surface area contributed by atoms with E-state index in [0.717, 1.165) is 37.7 Å². The second-order valence-electron chi connectivity index (χ2n) is 7.28. The van der Waals surface area contributed by atoms with Crippen molar-refractivity contribution < 1.29 is 14.3 Å². The number of nitrogens with one attached hydrogen (secondary N) is 1. The number of fused-ring (bicyclic) bond motifs is 1. The van der Waals surface area contributed by atoms with Gasteiger partial charge in [0.05, 0.1) is 16.9 Å². The van der Waals surface area contributed by atoms with E-state index in [1.165, 1.54) is 12.1 Å². The second kappa shape index (κ2) is 7.12. The first-order valence-corrected chi connectivity index (χ1v) is 9.28. The molecular formula is C21H22FN3O2. The lowest BCUT2D eigenvalue weighted by Gasteiger charge is -2.32. The van der Waals surface area contributed by atoms with Crippen molar-refractivity contribution >= 4 is 11.6 Å². The molecule has 1 saturated carbocycles. The molecule has 3 aromatic rings. The van der Waals surface area contributed by atoms with Gasteiger partial charge in [0.1, 0.15) is 11.5 Å². The zero-order valence-corrected chi connectivity index (χ0v) is 15.0. The number of hydrogen-bond acceptors (Lipinski definition) is 3. The van der Waals surface area contributed by atoms with Crippen molar-refractivity contribution in [1.29, 1.82) is 0 Å². The van der Waals surface area contributed by atoms with Gasteiger partial charge >= 0.3 is 0 Å². The fraction of sp³-hybridized carbons (Fsp3) is 0.333. The molecule has 6 heteroatoms. The monoisotopic (exact) mass is 367 g/mol. The quantitative estimate of drug-likeness (QED) is 0.741. The number of nitrogens with zero attached hydrogens (tertiary/aromatic N) is 2. The topological polar surface area (TPSA) is 66.6 Å². The van der Waals surface area contributed by atoms with Gasteiger partial charge in [-0.2, -0.15) is 0 Å². The number of carbonyl (C=O) groups excluding carboxylic acids is 1. The molecule has 2 N–H and O–H groups in total. The van der Waals surface area contributed by atoms with Gasteiger partial charge in [-0.1, -0.05) is 19.3 Å². The van der Waals surface area contributed by atoms with Crippen LogP contribution in [0.15, 0.2) is 48.8 Å². The van der Waals surface area contributed by atoms with Gasteiger partial charge in [-0.3, -0.25) is 4.79 Å². The maximum atomic E-state index is 13.1. The zero-order chi connectivity index (χ0) is 18.9. The van der Waals surface area contributed by atoms with E-state index < -0.39 is 5.60 Å². The summed E-state index contributed by atoms with van der Waals surface area (Å²) in [6, 6.07) is 9.64. The van der Waals surface area contributed by atoms with Crippen LogP contribution in [0.1, 0.15) is 42.5 Å². The minimum absolute atomic E-state index is 0.215. The summed E-state index contributed by atoms with van der Waals surface area (Å²) >= 11 is 0. The van der Waals surface area contributed by atoms with Gasteiger partial charge in [0.2, 0.25) is 0 Å². The second-order valence-corrected chi connectivity index (χ2v) is 7.28. The van der Waals surface area contributed by atoms with Crippen molar-refractivity contribution in [3.63, 3.8) is 0 Å². The standard InChI is InChI=1S/C21H22FN3O2/c22-17-7-4-15(5-8-17)18-13-25-12-16(6-9-19(25)24-18)20(26)23-14-21(27)10-2-1-3-11-21/h4-9,12-13,27H,1-3,10-11,14H2,(H,23,26). The Kier molecular flexibility index (Phi) is 4.66. The summed E-state index contributed by atoms with van der Waals surface area (Å²) in [4.78, 5) is 17.0. The van der Waals surface area contributed by atoms with Crippen molar-refractivity contribution in [2.24, 2.45) is 0 Å². The Balaban J connectivity index is 1.50. The van der Waals surface area contributed by atoms with Gasteiger partial charge < -0.3 is 14.8 Å². The summed E-state index contributed by atoms with van der Waals surface area (Å²) in [7, 11) is 0. The number of aliphatic hydroxyl groups is 1. The van der Waals surface area contributed by atoms with Crippen LogP contribution in [0.4, 0.5) is 4.39 Å². The van der Waals surface area contributed by atoms with E-state index in [1.54, 1.807) is 34.9 Å². The predicted octanol–water partition coefficient (Wildman–Crippen LogP) is 3.57. The Morgan fingerprint density at radius 1 is 1.11 bits per heavy atom. The van der Waals surface area contributed by atoms with Crippen molar-refractivity contribution in [2.75, 3.05) is 6.54 Å². The number of halogens is 1. The molecule has 0 saturated heterocycles. The summed E-state index contributed by atoms with van der Waals surface area (Å²) in [6.45, 7) is 0.272. The number of hydrogen-bond donors (Lipinski definition) is 2. The third kappa shape index (κ3) is 3.85. The Morgan fingerprint density at radius 3 is 2.59 bits per heavy atom. The molecule has 0 radical (unpaired) electrons. The number of amides is 1. The van der Waals surface area contributed by atoms with E-state index in [-0.39, 0.29) is 18.3 Å². The first kappa shape index (κ1) is 17.7. The number of rotatable bonds is 4. The fourth-order valence-electron chi connectivity index (χ4n) is 3.62. The molecule has 140 valence electrons. The highest BCUT2D eigenvalue weighted by atomic mass is 19.1. The molecule has 0 unspecified atom stereocenters. The molecule has 1 amide bonds. The lowest BCUT2D eigenvalue weighted by atomic mass is 9.85. The highest BCUT2D eigenvalue weighted by molar-refractivity contribution is 5.94. The third-order valence-electron chi connectivity index (χ3n) is 5.22. The van der Waals surface area contributed by atoms with Gasteiger partial charge in [-0.25, -0.2) is 9.37 Å². The van der Waals surface area contributed by atoms with Crippen molar-refractivity contribution in [3.8, 4) is 11.3 Å². The van der Waals surface area contributed by atoms with E-state index in [4.69, 9.17) is 0 Å². The molecule has 1 fully saturated rings. The van der Waals surface area contributed by atoms with Crippen LogP contribution in [-0.2, 0) is 0 Å². The van der Waals surface area contributed by atoms with Crippen LogP contribution in [0, 0.1) is 5.82 Å². The minimum atomic E-state index is -0.789. The van der Waals surface area contributed by atoms with Gasteiger partial charge in [0.25, 0.3) is 5.91 Å². The summed E-state index contributed by atoms with van der Waals surface area (Å²) in [6.07, 6.45) is 8.14. The molecule has 2 heterocycles. The molecule has 2 aromatic heterocycles. The van der Waals surface area contributed by atoms with Crippen LogP contribution in [0.2, 0.25) is 0 Å². The van der Waals surface area contributed by atoms with Crippen LogP contribution >= 0.6 is 0 Å². The number of benzene rings is 1. The highest BCUT2D eigenvalue weighted by Gasteiger charge is 2.29. The maximum Gasteiger partial charge on any atom is 0.252 e. The lowest BCUT2D eigenvalue weighted by Crippen LogP contribution is -2.44. The molecule has 5 nitrogen and oxygen atoms in total. The first-order chi connectivity index (χ1) is 13.0.